The summed E-state index contributed by atoms with van der Waals surface area (Å²) in [7, 11) is 0. The van der Waals surface area contributed by atoms with Crippen molar-refractivity contribution in [2.24, 2.45) is 5.92 Å². The number of hydrogen-bond donors (Lipinski definition) is 0. The highest BCUT2D eigenvalue weighted by atomic mass is 19.1. The summed E-state index contributed by atoms with van der Waals surface area (Å²) in [5, 5.41) is 1.87. The van der Waals surface area contributed by atoms with Crippen molar-refractivity contribution in [3.05, 3.63) is 118 Å². The van der Waals surface area contributed by atoms with Crippen molar-refractivity contribution in [2.75, 3.05) is 5.01 Å². The van der Waals surface area contributed by atoms with Crippen LogP contribution in [0.3, 0.4) is 0 Å². The summed E-state index contributed by atoms with van der Waals surface area (Å²) >= 11 is 0. The predicted octanol–water partition coefficient (Wildman–Crippen LogP) is 8.17. The molecule has 0 N–H and O–H groups in total. The summed E-state index contributed by atoms with van der Waals surface area (Å²) in [5.41, 5.74) is 9.26. The van der Waals surface area contributed by atoms with E-state index in [4.69, 9.17) is 6.42 Å². The molecule has 0 radical (unpaired) electrons. The number of allylic oxidation sites excluding steroid dienone is 9. The molecule has 0 spiro atoms. The molecule has 194 valence electrons. The Bertz CT molecular complexity index is 1600. The van der Waals surface area contributed by atoms with Crippen LogP contribution in [0.25, 0.3) is 5.70 Å². The molecule has 7 rings (SSSR count). The van der Waals surface area contributed by atoms with E-state index < -0.39 is 11.6 Å². The summed E-state index contributed by atoms with van der Waals surface area (Å²) in [6.45, 7) is 0. The van der Waals surface area contributed by atoms with Crippen molar-refractivity contribution in [2.45, 2.75) is 57.8 Å². The molecular formula is C35H31F2N2+. The SMILES string of the molecule is C#Cc1cc(F)c(N2C3=C(/C=C/C=C4/CC5CCCC6=C(C=CCC6)C5=[N+]42)CCCc2ccccc23)c(F)c1. The second kappa shape index (κ2) is 9.65. The Morgan fingerprint density at radius 1 is 0.974 bits per heavy atom. The highest BCUT2D eigenvalue weighted by Crippen LogP contribution is 2.45. The normalized spacial score (nSPS) is 24.2. The molecule has 1 unspecified atom stereocenters. The van der Waals surface area contributed by atoms with Gasteiger partial charge in [-0.15, -0.1) is 11.4 Å². The number of fused-ring (bicyclic) bond motifs is 5. The predicted molar refractivity (Wildman–Crippen MR) is 153 cm³/mol. The molecular weight excluding hydrogens is 486 g/mol. The first-order valence-electron chi connectivity index (χ1n) is 14.1. The highest BCUT2D eigenvalue weighted by molar-refractivity contribution is 6.04. The Morgan fingerprint density at radius 3 is 2.67 bits per heavy atom. The summed E-state index contributed by atoms with van der Waals surface area (Å²) in [4.78, 5) is 0. The second-order valence-electron chi connectivity index (χ2n) is 11.1. The minimum absolute atomic E-state index is 0.0706. The third-order valence-electron chi connectivity index (χ3n) is 8.79. The number of benzene rings is 2. The quantitative estimate of drug-likeness (QED) is 0.273. The van der Waals surface area contributed by atoms with E-state index in [1.807, 2.05) is 11.1 Å². The van der Waals surface area contributed by atoms with Gasteiger partial charge in [-0.05, 0) is 74.6 Å². The fraction of sp³-hybridized carbons (Fsp3) is 0.286. The van der Waals surface area contributed by atoms with Crippen LogP contribution in [-0.4, -0.2) is 10.4 Å². The molecule has 0 saturated carbocycles. The average Bonchev–Trinajstić information content (AvgIpc) is 3.05. The standard InChI is InChI=1S/C35H31F2N2/c1-2-23-20-31(36)35(32(37)21-23)39-33-26(14-7-12-24-10-3-5-18-29(24)33)15-9-17-28-22-27-16-8-13-25-11-4-6-19-30(25)34(27)38(28)39/h1,3,5-6,9-10,15,17-21,27H,4,7-8,11-14,16,22H2/q+1/b15-9+,28-17-. The smallest absolute Gasteiger partial charge is 0.204 e. The van der Waals surface area contributed by atoms with E-state index in [0.29, 0.717) is 5.92 Å². The number of aryl methyl sites for hydroxylation is 1. The number of anilines is 1. The van der Waals surface area contributed by atoms with E-state index >= 15 is 8.78 Å². The summed E-state index contributed by atoms with van der Waals surface area (Å²) in [6, 6.07) is 10.9. The minimum Gasteiger partial charge on any atom is -0.204 e. The molecule has 5 aliphatic rings. The Balaban J connectivity index is 1.61. The van der Waals surface area contributed by atoms with Crippen molar-refractivity contribution < 1.29 is 13.5 Å². The van der Waals surface area contributed by atoms with Crippen molar-refractivity contribution in [1.82, 2.24) is 0 Å². The largest absolute Gasteiger partial charge is 0.223 e. The van der Waals surface area contributed by atoms with E-state index in [1.165, 1.54) is 34.6 Å². The monoisotopic (exact) mass is 517 g/mol. The molecule has 2 heterocycles. The zero-order chi connectivity index (χ0) is 26.5. The third-order valence-corrected chi connectivity index (χ3v) is 8.79. The zero-order valence-corrected chi connectivity index (χ0v) is 22.0. The van der Waals surface area contributed by atoms with Gasteiger partial charge >= 0.3 is 0 Å². The van der Waals surface area contributed by atoms with Gasteiger partial charge in [0.05, 0.1) is 5.92 Å². The Hall–Kier alpha value is -3.97. The number of rotatable bonds is 1. The fourth-order valence-electron chi connectivity index (χ4n) is 7.09. The highest BCUT2D eigenvalue weighted by Gasteiger charge is 2.48. The number of hydrazine groups is 1. The fourth-order valence-corrected chi connectivity index (χ4v) is 7.09. The lowest BCUT2D eigenvalue weighted by molar-refractivity contribution is -0.475. The van der Waals surface area contributed by atoms with Crippen molar-refractivity contribution in [3.63, 3.8) is 0 Å². The zero-order valence-electron chi connectivity index (χ0n) is 22.0. The molecule has 3 aliphatic carbocycles. The van der Waals surface area contributed by atoms with Crippen LogP contribution in [0.5, 0.6) is 0 Å². The van der Waals surface area contributed by atoms with Gasteiger partial charge in [-0.1, -0.05) is 64.7 Å². The first-order chi connectivity index (χ1) is 19.1. The molecule has 2 nitrogen and oxygen atoms in total. The van der Waals surface area contributed by atoms with Crippen LogP contribution in [0, 0.1) is 29.9 Å². The second-order valence-corrected chi connectivity index (χ2v) is 11.1. The topological polar surface area (TPSA) is 6.25 Å². The molecule has 1 atom stereocenters. The van der Waals surface area contributed by atoms with Gasteiger partial charge in [0.1, 0.15) is 5.70 Å². The van der Waals surface area contributed by atoms with Crippen LogP contribution < -0.4 is 5.01 Å². The molecule has 4 heteroatoms. The van der Waals surface area contributed by atoms with Gasteiger partial charge in [0, 0.05) is 29.2 Å². The number of hydrogen-bond acceptors (Lipinski definition) is 1. The third kappa shape index (κ3) is 3.95. The lowest BCUT2D eigenvalue weighted by atomic mass is 9.89. The van der Waals surface area contributed by atoms with Gasteiger partial charge in [-0.25, -0.2) is 8.78 Å². The number of terminal acetylenes is 1. The van der Waals surface area contributed by atoms with Crippen LogP contribution in [0.15, 0.2) is 89.2 Å². The van der Waals surface area contributed by atoms with Crippen molar-refractivity contribution in [3.8, 4) is 12.3 Å². The molecule has 0 saturated heterocycles. The maximum atomic E-state index is 16.1. The number of hydrazone groups is 1. The van der Waals surface area contributed by atoms with E-state index in [0.717, 1.165) is 80.3 Å². The van der Waals surface area contributed by atoms with E-state index in [-0.39, 0.29) is 11.3 Å². The maximum Gasteiger partial charge on any atom is 0.223 e. The van der Waals surface area contributed by atoms with Gasteiger partial charge in [0.15, 0.2) is 17.3 Å². The first kappa shape index (κ1) is 24.1. The van der Waals surface area contributed by atoms with Gasteiger partial charge < -0.3 is 0 Å². The Kier molecular flexibility index (Phi) is 5.96. The van der Waals surface area contributed by atoms with Crippen LogP contribution in [0.2, 0.25) is 0 Å². The van der Waals surface area contributed by atoms with Gasteiger partial charge in [0.2, 0.25) is 11.4 Å². The van der Waals surface area contributed by atoms with Gasteiger partial charge in [-0.3, -0.25) is 0 Å². The van der Waals surface area contributed by atoms with E-state index in [9.17, 15) is 0 Å². The lowest BCUT2D eigenvalue weighted by Crippen LogP contribution is -2.38. The Labute approximate surface area is 229 Å². The lowest BCUT2D eigenvalue weighted by Gasteiger charge is -2.28. The molecule has 2 aliphatic heterocycles. The average molecular weight is 518 g/mol. The molecule has 2 aromatic rings. The van der Waals surface area contributed by atoms with E-state index in [1.54, 1.807) is 0 Å². The molecule has 0 fully saturated rings. The maximum absolute atomic E-state index is 16.1. The van der Waals surface area contributed by atoms with Crippen molar-refractivity contribution >= 4 is 17.1 Å². The molecule has 0 aromatic heterocycles. The van der Waals surface area contributed by atoms with Crippen LogP contribution in [0.4, 0.5) is 14.5 Å². The van der Waals surface area contributed by atoms with Gasteiger partial charge in [-0.2, -0.15) is 0 Å². The summed E-state index contributed by atoms with van der Waals surface area (Å²) in [6.07, 6.45) is 25.4. The molecule has 2 aromatic carbocycles. The Morgan fingerprint density at radius 2 is 1.82 bits per heavy atom. The molecule has 39 heavy (non-hydrogen) atoms. The van der Waals surface area contributed by atoms with Gasteiger partial charge in [0.25, 0.3) is 0 Å². The summed E-state index contributed by atoms with van der Waals surface area (Å²) < 4.78 is 34.5. The number of halogens is 2. The van der Waals surface area contributed by atoms with Crippen molar-refractivity contribution in [1.29, 1.82) is 0 Å². The van der Waals surface area contributed by atoms with Crippen LogP contribution in [-0.2, 0) is 6.42 Å². The molecule has 0 bridgehead atoms. The summed E-state index contributed by atoms with van der Waals surface area (Å²) in [5.74, 6) is 1.41. The minimum atomic E-state index is -0.647. The van der Waals surface area contributed by atoms with E-state index in [2.05, 4.69) is 59.2 Å². The van der Waals surface area contributed by atoms with Crippen LogP contribution in [0.1, 0.15) is 68.1 Å². The number of nitrogens with zero attached hydrogens (tertiary/aromatic N) is 2. The van der Waals surface area contributed by atoms with Crippen LogP contribution >= 0.6 is 0 Å². The first-order valence-corrected chi connectivity index (χ1v) is 14.1. The molecule has 0 amide bonds.